The summed E-state index contributed by atoms with van der Waals surface area (Å²) in [5.41, 5.74) is 1.63. The Hall–Kier alpha value is -1.95. The van der Waals surface area contributed by atoms with Crippen molar-refractivity contribution in [3.63, 3.8) is 0 Å². The van der Waals surface area contributed by atoms with Crippen LogP contribution in [0.25, 0.3) is 11.0 Å². The van der Waals surface area contributed by atoms with Crippen LogP contribution in [-0.4, -0.2) is 28.0 Å². The second-order valence-electron chi connectivity index (χ2n) is 4.62. The first-order valence-electron chi connectivity index (χ1n) is 6.09. The number of aromatic amines is 1. The molecule has 2 aromatic rings. The predicted molar refractivity (Wildman–Crippen MR) is 67.6 cm³/mol. The van der Waals surface area contributed by atoms with Gasteiger partial charge in [-0.3, -0.25) is 10.1 Å². The Bertz CT molecular complexity index is 587. The number of hydrogen-bond donors (Lipinski definition) is 2. The lowest BCUT2D eigenvalue weighted by atomic mass is 9.99. The molecule has 0 saturated carbocycles. The molecule has 1 atom stereocenters. The molecule has 1 saturated heterocycles. The highest BCUT2D eigenvalue weighted by Crippen LogP contribution is 2.25. The van der Waals surface area contributed by atoms with Gasteiger partial charge in [0.25, 0.3) is 5.69 Å². The maximum absolute atomic E-state index is 10.7. The third kappa shape index (κ3) is 1.95. The van der Waals surface area contributed by atoms with E-state index < -0.39 is 0 Å². The number of imidazole rings is 1. The second-order valence-corrected chi connectivity index (χ2v) is 4.62. The number of piperidine rings is 1. The molecule has 1 fully saturated rings. The molecular formula is C12H14N4O2. The minimum atomic E-state index is -0.387. The van der Waals surface area contributed by atoms with Gasteiger partial charge in [0.15, 0.2) is 0 Å². The van der Waals surface area contributed by atoms with Gasteiger partial charge in [-0.15, -0.1) is 0 Å². The van der Waals surface area contributed by atoms with Crippen LogP contribution >= 0.6 is 0 Å². The van der Waals surface area contributed by atoms with E-state index in [4.69, 9.17) is 0 Å². The lowest BCUT2D eigenvalue weighted by Crippen LogP contribution is -2.28. The first kappa shape index (κ1) is 11.2. The van der Waals surface area contributed by atoms with E-state index in [0.717, 1.165) is 42.8 Å². The Labute approximate surface area is 104 Å². The van der Waals surface area contributed by atoms with Gasteiger partial charge in [0.1, 0.15) is 5.82 Å². The Morgan fingerprint density at radius 2 is 2.33 bits per heavy atom. The maximum atomic E-state index is 10.7. The SMILES string of the molecule is O=[N+]([O-])c1ccc2nc(C3CCCNC3)[nH]c2c1. The van der Waals surface area contributed by atoms with Gasteiger partial charge in [-0.05, 0) is 25.5 Å². The maximum Gasteiger partial charge on any atom is 0.271 e. The van der Waals surface area contributed by atoms with Gasteiger partial charge < -0.3 is 10.3 Å². The van der Waals surface area contributed by atoms with E-state index in [-0.39, 0.29) is 10.6 Å². The molecular weight excluding hydrogens is 232 g/mol. The molecule has 0 bridgehead atoms. The monoisotopic (exact) mass is 246 g/mol. The highest BCUT2D eigenvalue weighted by molar-refractivity contribution is 5.77. The number of fused-ring (bicyclic) bond motifs is 1. The van der Waals surface area contributed by atoms with Crippen LogP contribution in [0.1, 0.15) is 24.6 Å². The van der Waals surface area contributed by atoms with Gasteiger partial charge in [-0.1, -0.05) is 0 Å². The second kappa shape index (κ2) is 4.38. The summed E-state index contributed by atoms with van der Waals surface area (Å²) in [7, 11) is 0. The van der Waals surface area contributed by atoms with Crippen molar-refractivity contribution >= 4 is 16.7 Å². The molecule has 3 rings (SSSR count). The number of aromatic nitrogens is 2. The zero-order chi connectivity index (χ0) is 12.5. The Morgan fingerprint density at radius 1 is 1.44 bits per heavy atom. The molecule has 2 N–H and O–H groups in total. The number of H-pyrrole nitrogens is 1. The summed E-state index contributed by atoms with van der Waals surface area (Å²) in [4.78, 5) is 18.1. The van der Waals surface area contributed by atoms with Gasteiger partial charge in [0.05, 0.1) is 16.0 Å². The van der Waals surface area contributed by atoms with Crippen molar-refractivity contribution in [2.75, 3.05) is 13.1 Å². The zero-order valence-electron chi connectivity index (χ0n) is 9.85. The smallest absolute Gasteiger partial charge is 0.271 e. The van der Waals surface area contributed by atoms with E-state index in [1.165, 1.54) is 6.07 Å². The average Bonchev–Trinajstić information content (AvgIpc) is 2.82. The summed E-state index contributed by atoms with van der Waals surface area (Å²) >= 11 is 0. The number of non-ortho nitro benzene ring substituents is 1. The normalized spacial score (nSPS) is 20.1. The summed E-state index contributed by atoms with van der Waals surface area (Å²) in [5, 5.41) is 14.1. The largest absolute Gasteiger partial charge is 0.341 e. The van der Waals surface area contributed by atoms with E-state index in [2.05, 4.69) is 15.3 Å². The van der Waals surface area contributed by atoms with Crippen molar-refractivity contribution < 1.29 is 4.92 Å². The summed E-state index contributed by atoms with van der Waals surface area (Å²) in [6, 6.07) is 4.73. The van der Waals surface area contributed by atoms with Gasteiger partial charge in [-0.2, -0.15) is 0 Å². The molecule has 18 heavy (non-hydrogen) atoms. The Kier molecular flexibility index (Phi) is 2.71. The first-order valence-corrected chi connectivity index (χ1v) is 6.09. The zero-order valence-corrected chi connectivity index (χ0v) is 9.85. The van der Waals surface area contributed by atoms with Crippen LogP contribution in [0.2, 0.25) is 0 Å². The molecule has 1 aromatic carbocycles. The number of nitro benzene ring substituents is 1. The highest BCUT2D eigenvalue weighted by atomic mass is 16.6. The standard InChI is InChI=1S/C12H14N4O2/c17-16(18)9-3-4-10-11(6-9)15-12(14-10)8-2-1-5-13-7-8/h3-4,6,8,13H,1-2,5,7H2,(H,14,15). The van der Waals surface area contributed by atoms with Crippen LogP contribution in [0.3, 0.4) is 0 Å². The summed E-state index contributed by atoms with van der Waals surface area (Å²) < 4.78 is 0. The van der Waals surface area contributed by atoms with Gasteiger partial charge in [0.2, 0.25) is 0 Å². The fourth-order valence-electron chi connectivity index (χ4n) is 2.41. The molecule has 0 radical (unpaired) electrons. The average molecular weight is 246 g/mol. The van der Waals surface area contributed by atoms with Crippen molar-refractivity contribution in [2.24, 2.45) is 0 Å². The van der Waals surface area contributed by atoms with Crippen LogP contribution in [0.4, 0.5) is 5.69 Å². The molecule has 6 nitrogen and oxygen atoms in total. The molecule has 1 aliphatic heterocycles. The number of nitro groups is 1. The van der Waals surface area contributed by atoms with Crippen molar-refractivity contribution in [1.29, 1.82) is 0 Å². The fourth-order valence-corrected chi connectivity index (χ4v) is 2.41. The fraction of sp³-hybridized carbons (Fsp3) is 0.417. The molecule has 6 heteroatoms. The minimum absolute atomic E-state index is 0.0967. The van der Waals surface area contributed by atoms with E-state index >= 15 is 0 Å². The van der Waals surface area contributed by atoms with Crippen molar-refractivity contribution in [2.45, 2.75) is 18.8 Å². The summed E-state index contributed by atoms with van der Waals surface area (Å²) in [5.74, 6) is 1.31. The van der Waals surface area contributed by atoms with Gasteiger partial charge >= 0.3 is 0 Å². The van der Waals surface area contributed by atoms with Crippen molar-refractivity contribution in [3.8, 4) is 0 Å². The summed E-state index contributed by atoms with van der Waals surface area (Å²) in [6.45, 7) is 1.98. The predicted octanol–water partition coefficient (Wildman–Crippen LogP) is 1.94. The highest BCUT2D eigenvalue weighted by Gasteiger charge is 2.19. The van der Waals surface area contributed by atoms with E-state index in [9.17, 15) is 10.1 Å². The van der Waals surface area contributed by atoms with Crippen LogP contribution in [0.15, 0.2) is 18.2 Å². The molecule has 2 heterocycles. The number of nitrogens with one attached hydrogen (secondary N) is 2. The minimum Gasteiger partial charge on any atom is -0.341 e. The molecule has 94 valence electrons. The van der Waals surface area contributed by atoms with Crippen molar-refractivity contribution in [1.82, 2.24) is 15.3 Å². The van der Waals surface area contributed by atoms with Gasteiger partial charge in [0, 0.05) is 24.6 Å². The van der Waals surface area contributed by atoms with Crippen molar-refractivity contribution in [3.05, 3.63) is 34.1 Å². The van der Waals surface area contributed by atoms with Crippen LogP contribution in [-0.2, 0) is 0 Å². The molecule has 1 aromatic heterocycles. The molecule has 1 unspecified atom stereocenters. The van der Waals surface area contributed by atoms with Gasteiger partial charge in [-0.25, -0.2) is 4.98 Å². The molecule has 0 aliphatic carbocycles. The van der Waals surface area contributed by atoms with E-state index in [0.29, 0.717) is 5.92 Å². The Balaban J connectivity index is 1.97. The van der Waals surface area contributed by atoms with Crippen LogP contribution in [0, 0.1) is 10.1 Å². The third-order valence-corrected chi connectivity index (χ3v) is 3.38. The Morgan fingerprint density at radius 3 is 3.06 bits per heavy atom. The number of nitrogens with zero attached hydrogens (tertiary/aromatic N) is 2. The van der Waals surface area contributed by atoms with E-state index in [1.807, 2.05) is 0 Å². The van der Waals surface area contributed by atoms with Crippen LogP contribution in [0.5, 0.6) is 0 Å². The molecule has 0 spiro atoms. The quantitative estimate of drug-likeness (QED) is 0.626. The topological polar surface area (TPSA) is 83.8 Å². The number of benzene rings is 1. The third-order valence-electron chi connectivity index (χ3n) is 3.38. The van der Waals surface area contributed by atoms with Crippen LogP contribution < -0.4 is 5.32 Å². The first-order chi connectivity index (χ1) is 8.74. The van der Waals surface area contributed by atoms with E-state index in [1.54, 1.807) is 12.1 Å². The number of rotatable bonds is 2. The molecule has 1 aliphatic rings. The lowest BCUT2D eigenvalue weighted by Gasteiger charge is -2.20. The summed E-state index contributed by atoms with van der Waals surface area (Å²) in [6.07, 6.45) is 2.25. The lowest BCUT2D eigenvalue weighted by molar-refractivity contribution is -0.384. The number of hydrogen-bond acceptors (Lipinski definition) is 4. The molecule has 0 amide bonds.